The van der Waals surface area contributed by atoms with Crippen molar-refractivity contribution in [3.63, 3.8) is 0 Å². The molecule has 2 heterocycles. The van der Waals surface area contributed by atoms with E-state index in [0.29, 0.717) is 0 Å². The molecule has 2 nitrogen and oxygen atoms in total. The van der Waals surface area contributed by atoms with Gasteiger partial charge in [0, 0.05) is 20.1 Å². The first kappa shape index (κ1) is 10.1. The van der Waals surface area contributed by atoms with Gasteiger partial charge in [-0.25, -0.2) is 0 Å². The fourth-order valence-corrected chi connectivity index (χ4v) is 4.50. The average molecular weight is 304 g/mol. The second-order valence-corrected chi connectivity index (χ2v) is 8.21. The minimum absolute atomic E-state index is 0.935. The quantitative estimate of drug-likeness (QED) is 0.538. The molecule has 0 aromatic rings. The molecule has 0 spiro atoms. The van der Waals surface area contributed by atoms with Crippen molar-refractivity contribution in [1.29, 1.82) is 0 Å². The van der Waals surface area contributed by atoms with E-state index in [1.165, 1.54) is 24.4 Å². The maximum absolute atomic E-state index is 3.50. The standard InChI is InChI=1S/C11H17IN2/c1-12-6-3-5-10-11(9-12)14(2)8-4-7-13-10/h3,5-6,9,13H,4,7-8H2,1-2H3. The second-order valence-electron chi connectivity index (χ2n) is 3.66. The van der Waals surface area contributed by atoms with E-state index in [1.54, 1.807) is 0 Å². The van der Waals surface area contributed by atoms with Crippen LogP contribution in [0, 0.1) is 0 Å². The van der Waals surface area contributed by atoms with Crippen molar-refractivity contribution in [2.75, 3.05) is 25.1 Å². The van der Waals surface area contributed by atoms with E-state index in [4.69, 9.17) is 0 Å². The zero-order valence-electron chi connectivity index (χ0n) is 8.76. The van der Waals surface area contributed by atoms with Crippen LogP contribution in [0.3, 0.4) is 0 Å². The van der Waals surface area contributed by atoms with Gasteiger partial charge in [0.05, 0.1) is 11.4 Å². The van der Waals surface area contributed by atoms with Crippen molar-refractivity contribution in [3.8, 4) is 0 Å². The highest BCUT2D eigenvalue weighted by molar-refractivity contribution is 14.2. The van der Waals surface area contributed by atoms with Crippen molar-refractivity contribution in [3.05, 3.63) is 23.5 Å². The fraction of sp³-hybridized carbons (Fsp3) is 0.455. The van der Waals surface area contributed by atoms with Gasteiger partial charge in [-0.3, -0.25) is 0 Å². The maximum atomic E-state index is 3.50. The first-order valence-electron chi connectivity index (χ1n) is 4.90. The summed E-state index contributed by atoms with van der Waals surface area (Å²) in [5, 5.41) is 3.50. The zero-order valence-corrected chi connectivity index (χ0v) is 10.9. The van der Waals surface area contributed by atoms with Crippen LogP contribution in [0.15, 0.2) is 23.5 Å². The predicted molar refractivity (Wildman–Crippen MR) is 73.5 cm³/mol. The monoisotopic (exact) mass is 304 g/mol. The number of rotatable bonds is 0. The maximum Gasteiger partial charge on any atom is 0.0650 e. The summed E-state index contributed by atoms with van der Waals surface area (Å²) in [5.41, 5.74) is 2.73. The van der Waals surface area contributed by atoms with Crippen LogP contribution in [0.5, 0.6) is 0 Å². The summed E-state index contributed by atoms with van der Waals surface area (Å²) in [4.78, 5) is 4.76. The summed E-state index contributed by atoms with van der Waals surface area (Å²) < 4.78 is 4.87. The number of nitrogens with one attached hydrogen (secondary N) is 1. The fourth-order valence-electron chi connectivity index (χ4n) is 1.69. The van der Waals surface area contributed by atoms with Gasteiger partial charge in [0.1, 0.15) is 0 Å². The van der Waals surface area contributed by atoms with Gasteiger partial charge in [-0.2, -0.15) is 18.9 Å². The predicted octanol–water partition coefficient (Wildman–Crippen LogP) is 1.43. The molecule has 0 fully saturated rings. The molecule has 0 unspecified atom stereocenters. The Kier molecular flexibility index (Phi) is 3.15. The summed E-state index contributed by atoms with van der Waals surface area (Å²) in [5.74, 6) is 0. The summed E-state index contributed by atoms with van der Waals surface area (Å²) >= 11 is -0.935. The third-order valence-corrected chi connectivity index (χ3v) is 5.60. The van der Waals surface area contributed by atoms with Crippen LogP contribution < -0.4 is 5.32 Å². The summed E-state index contributed by atoms with van der Waals surface area (Å²) in [6, 6.07) is 0. The normalized spacial score (nSPS) is 22.9. The Labute approximate surface area is 92.0 Å². The molecule has 0 atom stereocenters. The van der Waals surface area contributed by atoms with Gasteiger partial charge in [0.2, 0.25) is 0 Å². The van der Waals surface area contributed by atoms with E-state index in [0.717, 1.165) is 6.54 Å². The molecule has 0 amide bonds. The molecule has 1 N–H and O–H groups in total. The number of halogens is 1. The van der Waals surface area contributed by atoms with Gasteiger partial charge in [-0.1, -0.05) is 6.08 Å². The van der Waals surface area contributed by atoms with Gasteiger partial charge in [0.25, 0.3) is 0 Å². The minimum Gasteiger partial charge on any atom is -0.383 e. The molecule has 0 saturated heterocycles. The molecular weight excluding hydrogens is 287 g/mol. The Bertz CT molecular complexity index is 371. The molecule has 2 aliphatic rings. The molecule has 0 radical (unpaired) electrons. The van der Waals surface area contributed by atoms with Crippen LogP contribution in [0.25, 0.3) is 0 Å². The second kappa shape index (κ2) is 4.38. The molecular formula is C11H17IN2. The Hall–Kier alpha value is -0.450. The van der Waals surface area contributed by atoms with Crippen LogP contribution in [0.2, 0.25) is 0 Å². The summed E-state index contributed by atoms with van der Waals surface area (Å²) in [7, 11) is 2.20. The molecule has 0 aromatic carbocycles. The molecule has 78 valence electrons. The van der Waals surface area contributed by atoms with Gasteiger partial charge in [0.15, 0.2) is 0 Å². The molecule has 2 aliphatic heterocycles. The molecule has 0 aromatic heterocycles. The van der Waals surface area contributed by atoms with Crippen LogP contribution in [0.1, 0.15) is 6.42 Å². The van der Waals surface area contributed by atoms with E-state index in [2.05, 4.69) is 42.4 Å². The lowest BCUT2D eigenvalue weighted by atomic mass is 10.3. The average Bonchev–Trinajstić information content (AvgIpc) is 2.42. The Morgan fingerprint density at radius 2 is 2.36 bits per heavy atom. The van der Waals surface area contributed by atoms with Gasteiger partial charge in [-0.05, 0) is 25.5 Å². The van der Waals surface area contributed by atoms with Gasteiger partial charge < -0.3 is 10.2 Å². The van der Waals surface area contributed by atoms with E-state index in [9.17, 15) is 0 Å². The van der Waals surface area contributed by atoms with Crippen LogP contribution in [-0.2, 0) is 0 Å². The first-order chi connectivity index (χ1) is 6.77. The van der Waals surface area contributed by atoms with Crippen molar-refractivity contribution in [1.82, 2.24) is 10.2 Å². The highest BCUT2D eigenvalue weighted by Crippen LogP contribution is 2.17. The third kappa shape index (κ3) is 2.13. The Balaban J connectivity index is 2.44. The molecule has 0 bridgehead atoms. The number of hydrogen-bond acceptors (Lipinski definition) is 2. The highest BCUT2D eigenvalue weighted by atomic mass is 127. The van der Waals surface area contributed by atoms with E-state index >= 15 is 0 Å². The highest BCUT2D eigenvalue weighted by Gasteiger charge is 2.11. The van der Waals surface area contributed by atoms with E-state index < -0.39 is 18.9 Å². The van der Waals surface area contributed by atoms with Crippen LogP contribution in [-0.4, -0.2) is 38.0 Å². The molecule has 14 heavy (non-hydrogen) atoms. The third-order valence-electron chi connectivity index (χ3n) is 2.48. The minimum atomic E-state index is -0.935. The Morgan fingerprint density at radius 3 is 3.21 bits per heavy atom. The SMILES string of the molecule is CN1CCCNC2=C1C=I(C)=CC=C2. The molecule has 0 saturated carbocycles. The number of hydrogen-bond donors (Lipinski definition) is 1. The van der Waals surface area contributed by atoms with Crippen molar-refractivity contribution in [2.24, 2.45) is 0 Å². The summed E-state index contributed by atoms with van der Waals surface area (Å²) in [6.45, 7) is 2.26. The number of allylic oxidation sites excluding steroid dienone is 3. The van der Waals surface area contributed by atoms with Crippen molar-refractivity contribution < 1.29 is 0 Å². The van der Waals surface area contributed by atoms with Crippen LogP contribution >= 0.6 is 18.9 Å². The first-order valence-corrected chi connectivity index (χ1v) is 9.55. The lowest BCUT2D eigenvalue weighted by Gasteiger charge is -2.18. The topological polar surface area (TPSA) is 15.3 Å². The van der Waals surface area contributed by atoms with E-state index in [-0.39, 0.29) is 0 Å². The Morgan fingerprint density at radius 1 is 1.50 bits per heavy atom. The van der Waals surface area contributed by atoms with Gasteiger partial charge in [-0.15, -0.1) is 0 Å². The number of nitrogens with zero attached hydrogens (tertiary/aromatic N) is 1. The summed E-state index contributed by atoms with van der Waals surface area (Å²) in [6.07, 6.45) is 5.66. The number of alkyl halides is 1. The molecule has 3 heteroatoms. The smallest absolute Gasteiger partial charge is 0.0650 e. The molecule has 0 aliphatic carbocycles. The largest absolute Gasteiger partial charge is 0.383 e. The van der Waals surface area contributed by atoms with Gasteiger partial charge >= 0.3 is 0 Å². The van der Waals surface area contributed by atoms with Crippen molar-refractivity contribution >= 4 is 26.9 Å². The van der Waals surface area contributed by atoms with Crippen LogP contribution in [0.4, 0.5) is 0 Å². The van der Waals surface area contributed by atoms with Crippen molar-refractivity contribution in [2.45, 2.75) is 6.42 Å². The lowest BCUT2D eigenvalue weighted by Crippen LogP contribution is -2.20. The molecule has 2 rings (SSSR count). The van der Waals surface area contributed by atoms with E-state index in [1.807, 2.05) is 0 Å². The lowest BCUT2D eigenvalue weighted by molar-refractivity contribution is 0.440. The zero-order chi connectivity index (χ0) is 9.97.